The third-order valence-corrected chi connectivity index (χ3v) is 4.43. The Morgan fingerprint density at radius 2 is 1.91 bits per heavy atom. The Kier molecular flexibility index (Phi) is 4.13. The minimum Gasteiger partial charge on any atom is -0.469 e. The van der Waals surface area contributed by atoms with E-state index in [-0.39, 0.29) is 36.4 Å². The van der Waals surface area contributed by atoms with Crippen LogP contribution in [-0.2, 0) is 20.9 Å². The summed E-state index contributed by atoms with van der Waals surface area (Å²) in [6, 6.07) is 9.24. The number of hydrogen-bond donors (Lipinski definition) is 1. The van der Waals surface area contributed by atoms with Gasteiger partial charge in [0.1, 0.15) is 6.61 Å². The van der Waals surface area contributed by atoms with Crippen LogP contribution in [0.15, 0.2) is 42.5 Å². The predicted octanol–water partition coefficient (Wildman–Crippen LogP) is 2.28. The number of carbonyl (C=O) groups is 2. The van der Waals surface area contributed by atoms with Crippen LogP contribution in [0.5, 0.6) is 0 Å². The Morgan fingerprint density at radius 3 is 2.64 bits per heavy atom. The van der Waals surface area contributed by atoms with Gasteiger partial charge in [-0.3, -0.25) is 4.79 Å². The van der Waals surface area contributed by atoms with Crippen molar-refractivity contribution >= 4 is 12.1 Å². The summed E-state index contributed by atoms with van der Waals surface area (Å²) >= 11 is 0. The molecular weight excluding hydrogens is 282 g/mol. The largest absolute Gasteiger partial charge is 0.469 e. The first-order chi connectivity index (χ1) is 10.7. The van der Waals surface area contributed by atoms with Gasteiger partial charge in [0.05, 0.1) is 19.1 Å². The second kappa shape index (κ2) is 6.22. The summed E-state index contributed by atoms with van der Waals surface area (Å²) in [5.74, 6) is -0.260. The number of nitrogens with one attached hydrogen (secondary N) is 1. The standard InChI is InChI=1S/C17H19NO4/c1-21-16(19)14-12-7-8-13(9-12)15(14)18-17(20)22-10-11-5-3-2-4-6-11/h2-8,12-15H,9-10H2,1H3,(H,18,20)/t12?,13?,14-,15+/m1/s1. The molecule has 0 radical (unpaired) electrons. The molecule has 1 aromatic rings. The molecule has 0 heterocycles. The monoisotopic (exact) mass is 301 g/mol. The lowest BCUT2D eigenvalue weighted by Gasteiger charge is -2.26. The third-order valence-electron chi connectivity index (χ3n) is 4.43. The van der Waals surface area contributed by atoms with Gasteiger partial charge in [0.2, 0.25) is 0 Å². The fourth-order valence-electron chi connectivity index (χ4n) is 3.38. The van der Waals surface area contributed by atoms with Gasteiger partial charge in [0.15, 0.2) is 0 Å². The summed E-state index contributed by atoms with van der Waals surface area (Å²) in [7, 11) is 1.38. The van der Waals surface area contributed by atoms with E-state index < -0.39 is 6.09 Å². The minimum atomic E-state index is -0.497. The van der Waals surface area contributed by atoms with Gasteiger partial charge in [0.25, 0.3) is 0 Å². The van der Waals surface area contributed by atoms with Gasteiger partial charge in [-0.15, -0.1) is 0 Å². The highest BCUT2D eigenvalue weighted by Crippen LogP contribution is 2.44. The smallest absolute Gasteiger partial charge is 0.407 e. The fraction of sp³-hybridized carbons (Fsp3) is 0.412. The normalized spacial score (nSPS) is 28.4. The zero-order valence-corrected chi connectivity index (χ0v) is 12.4. The van der Waals surface area contributed by atoms with Crippen molar-refractivity contribution in [1.29, 1.82) is 0 Å². The molecule has 2 aliphatic rings. The molecule has 0 saturated heterocycles. The molecule has 1 aromatic carbocycles. The van der Waals surface area contributed by atoms with E-state index in [1.165, 1.54) is 7.11 Å². The lowest BCUT2D eigenvalue weighted by Crippen LogP contribution is -2.46. The molecule has 2 bridgehead atoms. The number of amides is 1. The number of rotatable bonds is 4. The first-order valence-electron chi connectivity index (χ1n) is 7.42. The van der Waals surface area contributed by atoms with E-state index in [9.17, 15) is 9.59 Å². The van der Waals surface area contributed by atoms with Crippen molar-refractivity contribution in [3.8, 4) is 0 Å². The first kappa shape index (κ1) is 14.6. The van der Waals surface area contributed by atoms with Crippen molar-refractivity contribution in [3.63, 3.8) is 0 Å². The maximum absolute atomic E-state index is 12.0. The van der Waals surface area contributed by atoms with Crippen LogP contribution in [0.2, 0.25) is 0 Å². The summed E-state index contributed by atoms with van der Waals surface area (Å²) in [6.07, 6.45) is 4.48. The topological polar surface area (TPSA) is 64.6 Å². The Hall–Kier alpha value is -2.30. The number of alkyl carbamates (subject to hydrolysis) is 1. The van der Waals surface area contributed by atoms with E-state index in [1.807, 2.05) is 36.4 Å². The molecule has 3 rings (SSSR count). The molecule has 5 nitrogen and oxygen atoms in total. The van der Waals surface area contributed by atoms with Crippen molar-refractivity contribution in [2.24, 2.45) is 17.8 Å². The number of hydrogen-bond acceptors (Lipinski definition) is 4. The quantitative estimate of drug-likeness (QED) is 0.684. The second-order valence-corrected chi connectivity index (χ2v) is 5.73. The molecule has 1 fully saturated rings. The lowest BCUT2D eigenvalue weighted by molar-refractivity contribution is -0.147. The number of ether oxygens (including phenoxy) is 2. The molecule has 1 N–H and O–H groups in total. The van der Waals surface area contributed by atoms with Gasteiger partial charge in [-0.2, -0.15) is 0 Å². The van der Waals surface area contributed by atoms with Crippen molar-refractivity contribution in [1.82, 2.24) is 5.32 Å². The molecule has 4 atom stereocenters. The Bertz CT molecular complexity index is 584. The van der Waals surface area contributed by atoms with Crippen LogP contribution < -0.4 is 5.32 Å². The van der Waals surface area contributed by atoms with E-state index in [0.717, 1.165) is 12.0 Å². The van der Waals surface area contributed by atoms with Crippen molar-refractivity contribution < 1.29 is 19.1 Å². The van der Waals surface area contributed by atoms with Crippen molar-refractivity contribution in [2.45, 2.75) is 19.1 Å². The number of benzene rings is 1. The Morgan fingerprint density at radius 1 is 1.18 bits per heavy atom. The van der Waals surface area contributed by atoms with Gasteiger partial charge >= 0.3 is 12.1 Å². The van der Waals surface area contributed by atoms with Crippen LogP contribution in [0.25, 0.3) is 0 Å². The van der Waals surface area contributed by atoms with Crippen LogP contribution in [0.1, 0.15) is 12.0 Å². The second-order valence-electron chi connectivity index (χ2n) is 5.73. The Balaban J connectivity index is 1.58. The Labute approximate surface area is 129 Å². The summed E-state index contributed by atoms with van der Waals surface area (Å²) in [6.45, 7) is 0.215. The highest BCUT2D eigenvalue weighted by Gasteiger charge is 2.49. The third kappa shape index (κ3) is 2.84. The molecule has 0 aromatic heterocycles. The number of carbonyl (C=O) groups excluding carboxylic acids is 2. The van der Waals surface area contributed by atoms with Gasteiger partial charge < -0.3 is 14.8 Å². The van der Waals surface area contributed by atoms with E-state index in [0.29, 0.717) is 0 Å². The maximum atomic E-state index is 12.0. The number of fused-ring (bicyclic) bond motifs is 2. The molecule has 0 aliphatic heterocycles. The van der Waals surface area contributed by atoms with Gasteiger partial charge in [-0.05, 0) is 23.8 Å². The fourth-order valence-corrected chi connectivity index (χ4v) is 3.38. The highest BCUT2D eigenvalue weighted by molar-refractivity contribution is 5.77. The molecule has 1 amide bonds. The van der Waals surface area contributed by atoms with E-state index >= 15 is 0 Å². The van der Waals surface area contributed by atoms with Crippen LogP contribution in [0, 0.1) is 17.8 Å². The summed E-state index contributed by atoms with van der Waals surface area (Å²) in [4.78, 5) is 23.9. The predicted molar refractivity (Wildman–Crippen MR) is 79.8 cm³/mol. The van der Waals surface area contributed by atoms with Crippen LogP contribution in [0.4, 0.5) is 4.79 Å². The average molecular weight is 301 g/mol. The number of allylic oxidation sites excluding steroid dienone is 1. The first-order valence-corrected chi connectivity index (χ1v) is 7.42. The lowest BCUT2D eigenvalue weighted by atomic mass is 9.89. The molecule has 2 unspecified atom stereocenters. The van der Waals surface area contributed by atoms with Crippen LogP contribution in [-0.4, -0.2) is 25.2 Å². The molecule has 5 heteroatoms. The van der Waals surface area contributed by atoms with E-state index in [1.54, 1.807) is 0 Å². The summed E-state index contributed by atoms with van der Waals surface area (Å²) < 4.78 is 10.1. The average Bonchev–Trinajstić information content (AvgIpc) is 3.14. The van der Waals surface area contributed by atoms with E-state index in [4.69, 9.17) is 9.47 Å². The SMILES string of the molecule is COC(=O)[C@@H]1C2C=CC(C2)[C@@H]1NC(=O)OCc1ccccc1. The zero-order valence-electron chi connectivity index (χ0n) is 12.4. The maximum Gasteiger partial charge on any atom is 0.407 e. The van der Waals surface area contributed by atoms with Crippen LogP contribution in [0.3, 0.4) is 0 Å². The highest BCUT2D eigenvalue weighted by atomic mass is 16.5. The molecule has 116 valence electrons. The molecular formula is C17H19NO4. The van der Waals surface area contributed by atoms with Gasteiger partial charge in [-0.25, -0.2) is 4.79 Å². The molecule has 1 saturated carbocycles. The van der Waals surface area contributed by atoms with Crippen molar-refractivity contribution in [2.75, 3.05) is 7.11 Å². The van der Waals surface area contributed by atoms with Gasteiger partial charge in [-0.1, -0.05) is 42.5 Å². The number of methoxy groups -OCH3 is 1. The van der Waals surface area contributed by atoms with Crippen LogP contribution >= 0.6 is 0 Å². The summed E-state index contributed by atoms with van der Waals surface area (Å²) in [5.41, 5.74) is 0.926. The minimum absolute atomic E-state index is 0.150. The molecule has 22 heavy (non-hydrogen) atoms. The number of esters is 1. The van der Waals surface area contributed by atoms with Gasteiger partial charge in [0, 0.05) is 0 Å². The van der Waals surface area contributed by atoms with Crippen molar-refractivity contribution in [3.05, 3.63) is 48.0 Å². The molecule has 2 aliphatic carbocycles. The molecule has 0 spiro atoms. The summed E-state index contributed by atoms with van der Waals surface area (Å²) in [5, 5.41) is 2.83. The zero-order chi connectivity index (χ0) is 15.5. The van der Waals surface area contributed by atoms with E-state index in [2.05, 4.69) is 11.4 Å².